The average molecular weight is 215 g/mol. The van der Waals surface area contributed by atoms with Gasteiger partial charge in [0.1, 0.15) is 6.54 Å². The van der Waals surface area contributed by atoms with E-state index >= 15 is 0 Å². The fraction of sp³-hybridized carbons (Fsp3) is 0.625. The van der Waals surface area contributed by atoms with Crippen molar-refractivity contribution >= 4 is 29.1 Å². The number of nitrogens with zero attached hydrogens (tertiary/aromatic N) is 2. The highest BCUT2D eigenvalue weighted by Gasteiger charge is 2.32. The summed E-state index contributed by atoms with van der Waals surface area (Å²) in [5, 5.41) is 0. The molecule has 2 N–H and O–H groups in total. The Morgan fingerprint density at radius 2 is 2.21 bits per heavy atom. The zero-order chi connectivity index (χ0) is 10.7. The molecule has 0 radical (unpaired) electrons. The van der Waals surface area contributed by atoms with Crippen LogP contribution in [0.2, 0.25) is 0 Å². The summed E-state index contributed by atoms with van der Waals surface area (Å²) in [6.07, 6.45) is 1.21. The number of carbonyl (C=O) groups is 2. The van der Waals surface area contributed by atoms with Crippen LogP contribution in [-0.2, 0) is 4.79 Å². The van der Waals surface area contributed by atoms with Crippen molar-refractivity contribution in [3.63, 3.8) is 0 Å². The summed E-state index contributed by atoms with van der Waals surface area (Å²) in [7, 11) is 1.60. The third kappa shape index (κ3) is 2.41. The van der Waals surface area contributed by atoms with Crippen LogP contribution in [0.5, 0.6) is 0 Å². The zero-order valence-corrected chi connectivity index (χ0v) is 8.84. The highest BCUT2D eigenvalue weighted by atomic mass is 32.1. The van der Waals surface area contributed by atoms with E-state index in [-0.39, 0.29) is 18.5 Å². The van der Waals surface area contributed by atoms with Gasteiger partial charge in [-0.15, -0.1) is 0 Å². The number of rotatable bonds is 4. The second-order valence-electron chi connectivity index (χ2n) is 3.25. The SMILES string of the molecule is CN1CC(=O)N(CCCC(N)=S)C1=O. The van der Waals surface area contributed by atoms with Crippen molar-refractivity contribution in [3.8, 4) is 0 Å². The highest BCUT2D eigenvalue weighted by Crippen LogP contribution is 2.08. The highest BCUT2D eigenvalue weighted by molar-refractivity contribution is 7.80. The Morgan fingerprint density at radius 1 is 1.57 bits per heavy atom. The number of hydrogen-bond donors (Lipinski definition) is 1. The van der Waals surface area contributed by atoms with Crippen molar-refractivity contribution < 1.29 is 9.59 Å². The molecule has 1 rings (SSSR count). The number of thiocarbonyl (C=S) groups is 1. The number of imide groups is 1. The van der Waals surface area contributed by atoms with Gasteiger partial charge in [-0.1, -0.05) is 12.2 Å². The molecule has 1 heterocycles. The minimum absolute atomic E-state index is 0.152. The van der Waals surface area contributed by atoms with Gasteiger partial charge in [0.25, 0.3) is 0 Å². The molecule has 1 aliphatic heterocycles. The van der Waals surface area contributed by atoms with Gasteiger partial charge in [-0.25, -0.2) is 4.79 Å². The largest absolute Gasteiger partial charge is 0.393 e. The lowest BCUT2D eigenvalue weighted by atomic mass is 10.3. The average Bonchev–Trinajstić information content (AvgIpc) is 2.31. The number of nitrogens with two attached hydrogens (primary N) is 1. The minimum atomic E-state index is -0.238. The molecule has 0 aromatic heterocycles. The number of hydrogen-bond acceptors (Lipinski definition) is 3. The molecule has 0 atom stereocenters. The number of likely N-dealkylation sites (N-methyl/N-ethyl adjacent to an activating group) is 1. The molecule has 1 fully saturated rings. The molecule has 1 aliphatic rings. The lowest BCUT2D eigenvalue weighted by Gasteiger charge is -2.13. The van der Waals surface area contributed by atoms with Crippen LogP contribution in [0.1, 0.15) is 12.8 Å². The Labute approximate surface area is 87.8 Å². The molecular formula is C8H13N3O2S. The van der Waals surface area contributed by atoms with Crippen molar-refractivity contribution in [2.75, 3.05) is 20.1 Å². The molecule has 0 unspecified atom stereocenters. The summed E-state index contributed by atoms with van der Waals surface area (Å²) in [5.74, 6) is -0.152. The molecule has 0 aromatic rings. The van der Waals surface area contributed by atoms with E-state index in [4.69, 9.17) is 18.0 Å². The van der Waals surface area contributed by atoms with Gasteiger partial charge in [-0.3, -0.25) is 9.69 Å². The van der Waals surface area contributed by atoms with E-state index in [2.05, 4.69) is 0 Å². The van der Waals surface area contributed by atoms with Gasteiger partial charge in [0.05, 0.1) is 4.99 Å². The maximum atomic E-state index is 11.4. The third-order valence-electron chi connectivity index (χ3n) is 2.04. The summed E-state index contributed by atoms with van der Waals surface area (Å²) in [5.41, 5.74) is 5.31. The monoisotopic (exact) mass is 215 g/mol. The van der Waals surface area contributed by atoms with Gasteiger partial charge in [-0.05, 0) is 12.8 Å². The van der Waals surface area contributed by atoms with Crippen LogP contribution in [-0.4, -0.2) is 46.9 Å². The van der Waals surface area contributed by atoms with Crippen molar-refractivity contribution in [2.45, 2.75) is 12.8 Å². The summed E-state index contributed by atoms with van der Waals surface area (Å²) in [6.45, 7) is 0.575. The summed E-state index contributed by atoms with van der Waals surface area (Å²) in [4.78, 5) is 25.7. The van der Waals surface area contributed by atoms with Gasteiger partial charge in [0.15, 0.2) is 0 Å². The Morgan fingerprint density at radius 3 is 2.64 bits per heavy atom. The van der Waals surface area contributed by atoms with E-state index in [1.165, 1.54) is 9.80 Å². The first-order chi connectivity index (χ1) is 6.52. The summed E-state index contributed by atoms with van der Waals surface area (Å²) in [6, 6.07) is -0.238. The molecule has 0 bridgehead atoms. The van der Waals surface area contributed by atoms with Crippen LogP contribution < -0.4 is 5.73 Å². The van der Waals surface area contributed by atoms with E-state index in [1.54, 1.807) is 7.05 Å². The fourth-order valence-corrected chi connectivity index (χ4v) is 1.44. The van der Waals surface area contributed by atoms with Crippen molar-refractivity contribution in [1.82, 2.24) is 9.80 Å². The zero-order valence-electron chi connectivity index (χ0n) is 8.02. The Kier molecular flexibility index (Phi) is 3.40. The van der Waals surface area contributed by atoms with Crippen LogP contribution in [0.15, 0.2) is 0 Å². The van der Waals surface area contributed by atoms with Crippen LogP contribution in [0.4, 0.5) is 4.79 Å². The van der Waals surface area contributed by atoms with Gasteiger partial charge in [0.2, 0.25) is 5.91 Å². The first-order valence-electron chi connectivity index (χ1n) is 4.36. The van der Waals surface area contributed by atoms with E-state index in [9.17, 15) is 9.59 Å². The van der Waals surface area contributed by atoms with Crippen LogP contribution >= 0.6 is 12.2 Å². The standard InChI is InChI=1S/C8H13N3O2S/c1-10-5-7(12)11(8(10)13)4-2-3-6(9)14/h2-5H2,1H3,(H2,9,14). The van der Waals surface area contributed by atoms with Crippen LogP contribution in [0, 0.1) is 0 Å². The predicted molar refractivity (Wildman–Crippen MR) is 55.8 cm³/mol. The predicted octanol–water partition coefficient (Wildman–Crippen LogP) is -0.0533. The normalized spacial score (nSPS) is 16.6. The first-order valence-corrected chi connectivity index (χ1v) is 4.77. The van der Waals surface area contributed by atoms with Gasteiger partial charge in [0, 0.05) is 13.6 Å². The number of amides is 3. The topological polar surface area (TPSA) is 66.6 Å². The van der Waals surface area contributed by atoms with Gasteiger partial charge in [-0.2, -0.15) is 0 Å². The molecule has 0 spiro atoms. The minimum Gasteiger partial charge on any atom is -0.393 e. The van der Waals surface area contributed by atoms with Gasteiger partial charge >= 0.3 is 6.03 Å². The fourth-order valence-electron chi connectivity index (χ4n) is 1.30. The number of carbonyl (C=O) groups excluding carboxylic acids is 2. The third-order valence-corrected chi connectivity index (χ3v) is 2.24. The summed E-state index contributed by atoms with van der Waals surface area (Å²) < 4.78 is 0. The van der Waals surface area contributed by atoms with Crippen molar-refractivity contribution in [2.24, 2.45) is 5.73 Å². The molecule has 5 nitrogen and oxygen atoms in total. The van der Waals surface area contributed by atoms with Crippen LogP contribution in [0.25, 0.3) is 0 Å². The second kappa shape index (κ2) is 4.36. The smallest absolute Gasteiger partial charge is 0.326 e. The summed E-state index contributed by atoms with van der Waals surface area (Å²) >= 11 is 4.70. The quantitative estimate of drug-likeness (QED) is 0.527. The molecule has 0 saturated carbocycles. The Balaban J connectivity index is 2.41. The lowest BCUT2D eigenvalue weighted by Crippen LogP contribution is -2.32. The number of urea groups is 1. The molecule has 3 amide bonds. The molecule has 14 heavy (non-hydrogen) atoms. The second-order valence-corrected chi connectivity index (χ2v) is 3.78. The Hall–Kier alpha value is -1.17. The molecule has 6 heteroatoms. The van der Waals surface area contributed by atoms with Crippen molar-refractivity contribution in [1.29, 1.82) is 0 Å². The lowest BCUT2D eigenvalue weighted by molar-refractivity contribution is -0.125. The molecule has 0 aromatic carbocycles. The van der Waals surface area contributed by atoms with E-state index in [0.29, 0.717) is 24.4 Å². The Bertz CT molecular complexity index is 280. The van der Waals surface area contributed by atoms with Crippen LogP contribution in [0.3, 0.4) is 0 Å². The van der Waals surface area contributed by atoms with Gasteiger partial charge < -0.3 is 10.6 Å². The maximum Gasteiger partial charge on any atom is 0.326 e. The first kappa shape index (κ1) is 10.9. The molecule has 0 aliphatic carbocycles. The van der Waals surface area contributed by atoms with E-state index < -0.39 is 0 Å². The molecule has 1 saturated heterocycles. The maximum absolute atomic E-state index is 11.4. The van der Waals surface area contributed by atoms with Crippen molar-refractivity contribution in [3.05, 3.63) is 0 Å². The molecular weight excluding hydrogens is 202 g/mol. The van der Waals surface area contributed by atoms with E-state index in [1.807, 2.05) is 0 Å². The van der Waals surface area contributed by atoms with E-state index in [0.717, 1.165) is 0 Å². The molecule has 78 valence electrons.